The van der Waals surface area contributed by atoms with Gasteiger partial charge in [0.1, 0.15) is 36.3 Å². The molecule has 8 atom stereocenters. The van der Waals surface area contributed by atoms with Crippen molar-refractivity contribution in [2.75, 3.05) is 53.0 Å². The molecule has 5 fully saturated rings. The van der Waals surface area contributed by atoms with Crippen LogP contribution in [-0.2, 0) is 23.7 Å². The maximum atomic E-state index is 12.9. The van der Waals surface area contributed by atoms with Gasteiger partial charge in [-0.15, -0.1) is 0 Å². The number of carbonyl (C=O) groups is 6. The van der Waals surface area contributed by atoms with Crippen molar-refractivity contribution < 1.29 is 74.8 Å². The SMILES string of the molecule is CC(C)C/C=C/C(C)C1CCC2(C)C3=CC=C4CC(OC(=O)c5cc(N)cc(N)c5)CC(C)C4C3CCC12C.CC(F)(F)F.CF.Nc1cc(N)cc(C(=O)OC2CCC(OC(=O)c3ccccc3)CC2)c1.Nc1cc(N)cc(C(=O)OC2CCC(OC(=O)c3ccccc3)CC2)c1.Nc1cc(N)cc(C(=O)Oc2ccc(/C=C\c3ccccc3)cc2)c1. The van der Waals surface area contributed by atoms with Crippen LogP contribution in [0.4, 0.5) is 63.1 Å². The van der Waals surface area contributed by atoms with Crippen molar-refractivity contribution in [2.24, 2.45) is 46.3 Å². The minimum Gasteiger partial charge on any atom is -0.459 e. The fraction of sp³-hybridized carbons (Fsp3) is 0.374. The molecule has 0 spiro atoms. The summed E-state index contributed by atoms with van der Waals surface area (Å²) >= 11 is 0. The number of carbonyl (C=O) groups excluding carboxylic acids is 6. The van der Waals surface area contributed by atoms with Crippen LogP contribution in [0.5, 0.6) is 5.75 Å². The van der Waals surface area contributed by atoms with E-state index in [-0.39, 0.29) is 60.8 Å². The van der Waals surface area contributed by atoms with E-state index in [0.29, 0.717) is 172 Å². The van der Waals surface area contributed by atoms with Crippen molar-refractivity contribution in [2.45, 2.75) is 181 Å². The molecule has 5 saturated carbocycles. The summed E-state index contributed by atoms with van der Waals surface area (Å²) in [6.45, 7) is 14.8. The van der Waals surface area contributed by atoms with Crippen LogP contribution in [0.3, 0.4) is 0 Å². The molecule has 16 N–H and O–H groups in total. The van der Waals surface area contributed by atoms with Crippen molar-refractivity contribution in [1.29, 1.82) is 0 Å². The number of esters is 6. The first kappa shape index (κ1) is 94.5. The van der Waals surface area contributed by atoms with Crippen molar-refractivity contribution in [3.8, 4) is 5.75 Å². The van der Waals surface area contributed by atoms with Gasteiger partial charge in [-0.05, 0) is 257 Å². The number of allylic oxidation sites excluding steroid dienone is 5. The third-order valence-corrected chi connectivity index (χ3v) is 23.6. The fourth-order valence-corrected chi connectivity index (χ4v) is 17.7. The molecule has 6 aliphatic carbocycles. The number of nitrogens with two attached hydrogens (primary N) is 8. The highest BCUT2D eigenvalue weighted by Gasteiger charge is 2.61. The predicted molar refractivity (Wildman–Crippen MR) is 480 cm³/mol. The normalized spacial score (nSPS) is 22.6. The van der Waals surface area contributed by atoms with E-state index < -0.39 is 24.1 Å². The zero-order chi connectivity index (χ0) is 89.3. The highest BCUT2D eigenvalue weighted by molar-refractivity contribution is 5.95. The number of hydrogen-bond donors (Lipinski definition) is 8. The number of halogens is 4. The minimum absolute atomic E-state index is 0.105. The number of alkyl halides is 4. The fourth-order valence-electron chi connectivity index (χ4n) is 17.7. The van der Waals surface area contributed by atoms with Gasteiger partial charge in [-0.25, -0.2) is 28.8 Å². The average molecular weight is 1690 g/mol. The van der Waals surface area contributed by atoms with Gasteiger partial charge >= 0.3 is 42.0 Å². The highest BCUT2D eigenvalue weighted by Crippen LogP contribution is 2.70. The van der Waals surface area contributed by atoms with E-state index in [0.717, 1.165) is 35.8 Å². The van der Waals surface area contributed by atoms with Gasteiger partial charge in [0.2, 0.25) is 0 Å². The van der Waals surface area contributed by atoms with Crippen molar-refractivity contribution in [3.63, 3.8) is 0 Å². The lowest BCUT2D eigenvalue weighted by Gasteiger charge is -2.57. The van der Waals surface area contributed by atoms with Gasteiger partial charge in [0.25, 0.3) is 0 Å². The van der Waals surface area contributed by atoms with Crippen LogP contribution < -0.4 is 50.6 Å². The van der Waals surface area contributed by atoms with Gasteiger partial charge < -0.3 is 74.3 Å². The van der Waals surface area contributed by atoms with Crippen LogP contribution >= 0.6 is 0 Å². The molecular formula is C99H118F4N8O12. The van der Waals surface area contributed by atoms with E-state index in [2.05, 4.69) is 65.8 Å². The van der Waals surface area contributed by atoms with Crippen LogP contribution in [0.25, 0.3) is 12.2 Å². The van der Waals surface area contributed by atoms with Crippen LogP contribution in [0, 0.1) is 46.3 Å². The Kier molecular flexibility index (Phi) is 33.8. The Morgan fingerprint density at radius 1 is 0.439 bits per heavy atom. The van der Waals surface area contributed by atoms with Crippen LogP contribution in [0.1, 0.15) is 218 Å². The molecule has 14 rings (SSSR count). The number of rotatable bonds is 18. The van der Waals surface area contributed by atoms with E-state index in [4.69, 9.17) is 74.3 Å². The summed E-state index contributed by atoms with van der Waals surface area (Å²) in [6, 6.07) is 54.1. The minimum atomic E-state index is -4.00. The van der Waals surface area contributed by atoms with Crippen LogP contribution in [0.2, 0.25) is 0 Å². The summed E-state index contributed by atoms with van der Waals surface area (Å²) < 4.78 is 74.1. The van der Waals surface area contributed by atoms with E-state index >= 15 is 0 Å². The smallest absolute Gasteiger partial charge is 0.386 e. The third kappa shape index (κ3) is 27.6. The number of anilines is 8. The van der Waals surface area contributed by atoms with Crippen molar-refractivity contribution >= 4 is 93.5 Å². The lowest BCUT2D eigenvalue weighted by Crippen LogP contribution is -2.49. The Balaban J connectivity index is 0.000000184. The Morgan fingerprint density at radius 3 is 1.15 bits per heavy atom. The third-order valence-electron chi connectivity index (χ3n) is 23.6. The molecule has 0 radical (unpaired) electrons. The first-order valence-corrected chi connectivity index (χ1v) is 41.9. The van der Waals surface area contributed by atoms with Gasteiger partial charge in [-0.3, -0.25) is 4.39 Å². The summed E-state index contributed by atoms with van der Waals surface area (Å²) in [5.74, 6) is 1.88. The van der Waals surface area contributed by atoms with E-state index in [1.165, 1.54) is 49.8 Å². The van der Waals surface area contributed by atoms with Gasteiger partial charge in [-0.2, -0.15) is 13.2 Å². The molecular weight excluding hydrogens is 1570 g/mol. The molecule has 123 heavy (non-hydrogen) atoms. The maximum Gasteiger partial charge on any atom is 0.386 e. The maximum absolute atomic E-state index is 12.9. The summed E-state index contributed by atoms with van der Waals surface area (Å²) in [5.41, 5.74) is 58.0. The zero-order valence-corrected chi connectivity index (χ0v) is 71.3. The molecule has 20 nitrogen and oxygen atoms in total. The first-order valence-electron chi connectivity index (χ1n) is 41.9. The Morgan fingerprint density at radius 2 is 0.780 bits per heavy atom. The van der Waals surface area contributed by atoms with Gasteiger partial charge in [0.15, 0.2) is 0 Å². The van der Waals surface area contributed by atoms with Gasteiger partial charge in [-0.1, -0.05) is 168 Å². The molecule has 24 heteroatoms. The number of ether oxygens (including phenoxy) is 6. The van der Waals surface area contributed by atoms with Crippen molar-refractivity contribution in [1.82, 2.24) is 0 Å². The largest absolute Gasteiger partial charge is 0.459 e. The second kappa shape index (κ2) is 43.9. The molecule has 654 valence electrons. The Labute approximate surface area is 719 Å². The quantitative estimate of drug-likeness (QED) is 0.00752. The zero-order valence-electron chi connectivity index (χ0n) is 71.3. The van der Waals surface area contributed by atoms with Gasteiger partial charge in [0.05, 0.1) is 40.6 Å². The predicted octanol–water partition coefficient (Wildman–Crippen LogP) is 21.1. The number of hydrogen-bond acceptors (Lipinski definition) is 20. The topological polar surface area (TPSA) is 366 Å². The number of nitrogen functional groups attached to an aromatic ring is 8. The Bertz CT molecular complexity index is 4790. The molecule has 0 heterocycles. The lowest BCUT2D eigenvalue weighted by atomic mass is 9.47. The lowest BCUT2D eigenvalue weighted by molar-refractivity contribution is -0.110. The van der Waals surface area contributed by atoms with Crippen LogP contribution in [0.15, 0.2) is 224 Å². The van der Waals surface area contributed by atoms with Crippen molar-refractivity contribution in [3.05, 3.63) is 268 Å². The Hall–Kier alpha value is -12.3. The molecule has 0 amide bonds. The highest BCUT2D eigenvalue weighted by atomic mass is 19.4. The monoisotopic (exact) mass is 1690 g/mol. The second-order valence-corrected chi connectivity index (χ2v) is 33.5. The summed E-state index contributed by atoms with van der Waals surface area (Å²) in [6.07, 6.45) is 22.4. The van der Waals surface area contributed by atoms with E-state index in [9.17, 15) is 46.3 Å². The molecule has 6 aliphatic rings. The first-order chi connectivity index (χ1) is 58.5. The summed E-state index contributed by atoms with van der Waals surface area (Å²) in [7, 11) is 0.500. The molecule has 8 unspecified atom stereocenters. The number of fused-ring (bicyclic) bond motifs is 5. The van der Waals surface area contributed by atoms with Gasteiger partial charge in [0, 0.05) is 58.8 Å². The standard InChI is InChI=1S/C35H50N2O2.C21H18N2O2.2C20H22N2O4.C2H3F3.CH3F/c1-21(2)8-7-9-22(3)30-13-15-35(6)31-11-10-24-19-28(39-33(38)25-17-26(36)20-27(37)18-25)16-23(4)32(24)29(31)12-14-34(30,35)5;22-18-12-17(13-19(23)14-18)21(24)25-20-10-8-16(9-11-20)7-6-15-4-2-1-3-5-15;2*21-15-10-14(11-16(22)12-15)20(24)26-18-8-6-17(7-9-18)25-19(23)13-4-2-1-3-5-13;1-2(3,4)5;1-2/h7,9-11,17-18,20-23,28-30,32H,8,12-16,19,36-37H2,1-6H3;1-14H,22-23H2;2*1-5,10-12,17-18H,6-9,21-22H2;1H3;1H3/b9-7+;7-6-;;;;. The molecule has 0 aromatic heterocycles. The summed E-state index contributed by atoms with van der Waals surface area (Å²) in [5, 5.41) is 0. The summed E-state index contributed by atoms with van der Waals surface area (Å²) in [4.78, 5) is 73.8. The van der Waals surface area contributed by atoms with Crippen LogP contribution in [-0.4, -0.2) is 79.7 Å². The molecule has 0 bridgehead atoms. The van der Waals surface area contributed by atoms with E-state index in [1.54, 1.807) is 127 Å². The molecule has 0 aliphatic heterocycles. The van der Waals surface area contributed by atoms with E-state index in [1.807, 2.05) is 66.7 Å². The second-order valence-electron chi connectivity index (χ2n) is 33.5. The molecule has 0 saturated heterocycles. The molecule has 8 aromatic rings. The molecule has 8 aromatic carbocycles. The number of benzene rings is 8. The average Bonchev–Trinajstić information content (AvgIpc) is 1.59.